The Kier molecular flexibility index (Phi) is 3.04. The molecule has 0 radical (unpaired) electrons. The van der Waals surface area contributed by atoms with Crippen molar-refractivity contribution in [2.24, 2.45) is 5.92 Å². The number of likely N-dealkylation sites (tertiary alicyclic amines) is 1. The molecule has 0 saturated carbocycles. The first-order valence-electron chi connectivity index (χ1n) is 7.91. The summed E-state index contributed by atoms with van der Waals surface area (Å²) in [6, 6.07) is 9.12. The molecule has 2 aliphatic rings. The number of nitrogens with one attached hydrogen (secondary N) is 1. The van der Waals surface area contributed by atoms with Crippen molar-refractivity contribution in [3.63, 3.8) is 0 Å². The molecule has 4 heteroatoms. The molecule has 1 aliphatic carbocycles. The second kappa shape index (κ2) is 4.84. The minimum absolute atomic E-state index is 0.302. The zero-order valence-electron chi connectivity index (χ0n) is 13.1. The van der Waals surface area contributed by atoms with Crippen LogP contribution in [0.25, 0.3) is 10.9 Å². The molecular formula is C18H21N3O. The van der Waals surface area contributed by atoms with Crippen LogP contribution in [-0.2, 0) is 16.8 Å². The Balaban J connectivity index is 1.92. The van der Waals surface area contributed by atoms with Gasteiger partial charge in [0.15, 0.2) is 0 Å². The van der Waals surface area contributed by atoms with Crippen LogP contribution in [-0.4, -0.2) is 36.6 Å². The molecule has 4 nitrogen and oxygen atoms in total. The van der Waals surface area contributed by atoms with Gasteiger partial charge in [0, 0.05) is 43.2 Å². The van der Waals surface area contributed by atoms with E-state index < -0.39 is 0 Å². The lowest BCUT2D eigenvalue weighted by Gasteiger charge is -2.52. The maximum absolute atomic E-state index is 9.12. The first-order valence-corrected chi connectivity index (χ1v) is 7.91. The minimum atomic E-state index is -0.302. The number of methoxy groups -OCH3 is 1. The summed E-state index contributed by atoms with van der Waals surface area (Å²) >= 11 is 0. The lowest BCUT2D eigenvalue weighted by Crippen LogP contribution is -2.59. The van der Waals surface area contributed by atoms with Gasteiger partial charge >= 0.3 is 0 Å². The molecule has 0 bridgehead atoms. The Hall–Kier alpha value is -1.83. The minimum Gasteiger partial charge on any atom is -0.372 e. The van der Waals surface area contributed by atoms with E-state index in [-0.39, 0.29) is 5.60 Å². The van der Waals surface area contributed by atoms with Crippen LogP contribution in [0.1, 0.15) is 24.0 Å². The van der Waals surface area contributed by atoms with Gasteiger partial charge in [-0.1, -0.05) is 12.1 Å². The quantitative estimate of drug-likeness (QED) is 0.927. The van der Waals surface area contributed by atoms with Gasteiger partial charge in [-0.3, -0.25) is 4.90 Å². The van der Waals surface area contributed by atoms with Gasteiger partial charge in [-0.15, -0.1) is 0 Å². The van der Waals surface area contributed by atoms with Crippen molar-refractivity contribution in [3.8, 4) is 6.07 Å². The van der Waals surface area contributed by atoms with Gasteiger partial charge in [0.1, 0.15) is 5.60 Å². The van der Waals surface area contributed by atoms with E-state index in [4.69, 9.17) is 10.00 Å². The second-order valence-electron chi connectivity index (χ2n) is 6.73. The number of ether oxygens (including phenoxy) is 1. The first-order chi connectivity index (χ1) is 10.7. The van der Waals surface area contributed by atoms with Gasteiger partial charge in [0.05, 0.1) is 6.07 Å². The molecule has 22 heavy (non-hydrogen) atoms. The van der Waals surface area contributed by atoms with Crippen molar-refractivity contribution < 1.29 is 4.74 Å². The molecule has 1 aliphatic heterocycles. The number of benzene rings is 1. The molecule has 1 unspecified atom stereocenters. The number of aromatic nitrogens is 1. The third-order valence-electron chi connectivity index (χ3n) is 5.61. The molecule has 0 spiro atoms. The van der Waals surface area contributed by atoms with Crippen LogP contribution in [0.2, 0.25) is 0 Å². The first kappa shape index (κ1) is 13.8. The molecule has 1 fully saturated rings. The van der Waals surface area contributed by atoms with Crippen molar-refractivity contribution >= 4 is 10.9 Å². The molecule has 4 rings (SSSR count). The van der Waals surface area contributed by atoms with Crippen LogP contribution in [0, 0.1) is 17.2 Å². The van der Waals surface area contributed by atoms with Crippen molar-refractivity contribution in [3.05, 3.63) is 35.5 Å². The standard InChI is InChI=1S/C18H21N3O/c1-21-11-12(6-7-19)9-18(22-2)14-4-3-5-15-17(14)13(10-20-15)8-16(18)21/h3-5,10,12,16,20H,6,8-9,11H2,1-2H3/t12?,16-,18+/m1/s1. The summed E-state index contributed by atoms with van der Waals surface area (Å²) in [5.74, 6) is 0.363. The molecule has 1 aromatic carbocycles. The molecule has 114 valence electrons. The Morgan fingerprint density at radius 3 is 3.14 bits per heavy atom. The van der Waals surface area contributed by atoms with E-state index in [1.807, 2.05) is 7.11 Å². The van der Waals surface area contributed by atoms with E-state index in [2.05, 4.69) is 47.4 Å². The third-order valence-corrected chi connectivity index (χ3v) is 5.61. The fraction of sp³-hybridized carbons (Fsp3) is 0.500. The molecule has 1 N–H and O–H groups in total. The Bertz CT molecular complexity index is 759. The molecule has 0 amide bonds. The normalized spacial score (nSPS) is 31.0. The SMILES string of the molecule is CO[C@]12CC(CC#N)CN(C)[C@@H]1Cc1c[nH]c3cccc2c13. The predicted molar refractivity (Wildman–Crippen MR) is 85.4 cm³/mol. The number of rotatable bonds is 2. The summed E-state index contributed by atoms with van der Waals surface area (Å²) in [5.41, 5.74) is 3.55. The summed E-state index contributed by atoms with van der Waals surface area (Å²) in [5, 5.41) is 10.4. The van der Waals surface area contributed by atoms with Crippen molar-refractivity contribution in [2.45, 2.75) is 30.9 Å². The molecule has 1 saturated heterocycles. The average molecular weight is 295 g/mol. The zero-order chi connectivity index (χ0) is 15.3. The van der Waals surface area contributed by atoms with Crippen LogP contribution in [0.5, 0.6) is 0 Å². The van der Waals surface area contributed by atoms with E-state index in [9.17, 15) is 0 Å². The summed E-state index contributed by atoms with van der Waals surface area (Å²) < 4.78 is 6.18. The number of nitriles is 1. The number of nitrogens with zero attached hydrogens (tertiary/aromatic N) is 2. The van der Waals surface area contributed by atoms with Gasteiger partial charge < -0.3 is 9.72 Å². The van der Waals surface area contributed by atoms with Gasteiger partial charge in [0.25, 0.3) is 0 Å². The Labute approximate surface area is 130 Å². The fourth-order valence-electron chi connectivity index (χ4n) is 4.70. The summed E-state index contributed by atoms with van der Waals surface area (Å²) in [6.07, 6.45) is 4.66. The smallest absolute Gasteiger partial charge is 0.109 e. The van der Waals surface area contributed by atoms with E-state index in [0.29, 0.717) is 18.4 Å². The molecule has 1 aromatic heterocycles. The highest BCUT2D eigenvalue weighted by Crippen LogP contribution is 2.49. The number of fused-ring (bicyclic) bond motifs is 2. The van der Waals surface area contributed by atoms with E-state index in [0.717, 1.165) is 19.4 Å². The van der Waals surface area contributed by atoms with Crippen LogP contribution in [0.3, 0.4) is 0 Å². The van der Waals surface area contributed by atoms with Gasteiger partial charge in [-0.25, -0.2) is 0 Å². The van der Waals surface area contributed by atoms with Gasteiger partial charge in [0.2, 0.25) is 0 Å². The van der Waals surface area contributed by atoms with Crippen LogP contribution < -0.4 is 0 Å². The highest BCUT2D eigenvalue weighted by Gasteiger charge is 2.51. The molecule has 3 atom stereocenters. The lowest BCUT2D eigenvalue weighted by atomic mass is 9.68. The van der Waals surface area contributed by atoms with Crippen LogP contribution in [0.15, 0.2) is 24.4 Å². The lowest BCUT2D eigenvalue weighted by molar-refractivity contribution is -0.124. The summed E-state index contributed by atoms with van der Waals surface area (Å²) in [4.78, 5) is 5.79. The predicted octanol–water partition coefficient (Wildman–Crippen LogP) is 2.80. The molecule has 2 heterocycles. The van der Waals surface area contributed by atoms with Crippen molar-refractivity contribution in [1.29, 1.82) is 5.26 Å². The number of hydrogen-bond acceptors (Lipinski definition) is 3. The topological polar surface area (TPSA) is 52.0 Å². The van der Waals surface area contributed by atoms with E-state index >= 15 is 0 Å². The largest absolute Gasteiger partial charge is 0.372 e. The van der Waals surface area contributed by atoms with E-state index in [1.54, 1.807) is 0 Å². The summed E-state index contributed by atoms with van der Waals surface area (Å²) in [6.45, 7) is 0.971. The van der Waals surface area contributed by atoms with Crippen LogP contribution in [0.4, 0.5) is 0 Å². The summed E-state index contributed by atoms with van der Waals surface area (Å²) in [7, 11) is 3.99. The maximum atomic E-state index is 9.12. The number of piperidine rings is 1. The Morgan fingerprint density at radius 1 is 1.50 bits per heavy atom. The van der Waals surface area contributed by atoms with E-state index in [1.165, 1.54) is 22.0 Å². The highest BCUT2D eigenvalue weighted by atomic mass is 16.5. The monoisotopic (exact) mass is 295 g/mol. The maximum Gasteiger partial charge on any atom is 0.109 e. The number of likely N-dealkylation sites (N-methyl/N-ethyl adjacent to an activating group) is 1. The van der Waals surface area contributed by atoms with Gasteiger partial charge in [-0.2, -0.15) is 5.26 Å². The van der Waals surface area contributed by atoms with Crippen molar-refractivity contribution in [1.82, 2.24) is 9.88 Å². The third kappa shape index (κ3) is 1.70. The fourth-order valence-corrected chi connectivity index (χ4v) is 4.70. The van der Waals surface area contributed by atoms with Gasteiger partial charge in [-0.05, 0) is 43.0 Å². The Morgan fingerprint density at radius 2 is 2.36 bits per heavy atom. The number of hydrogen-bond donors (Lipinski definition) is 1. The second-order valence-corrected chi connectivity index (χ2v) is 6.73. The molecular weight excluding hydrogens is 274 g/mol. The average Bonchev–Trinajstić information content (AvgIpc) is 2.94. The number of H-pyrrole nitrogens is 1. The number of aromatic amines is 1. The molecule has 2 aromatic rings. The van der Waals surface area contributed by atoms with Crippen LogP contribution >= 0.6 is 0 Å². The highest BCUT2D eigenvalue weighted by molar-refractivity contribution is 5.88. The zero-order valence-corrected chi connectivity index (χ0v) is 13.1. The van der Waals surface area contributed by atoms with Crippen molar-refractivity contribution in [2.75, 3.05) is 20.7 Å².